The number of amides is 1. The smallest absolute Gasteiger partial charge is 0.261 e. The molecule has 0 spiro atoms. The van der Waals surface area contributed by atoms with Crippen molar-refractivity contribution in [2.45, 2.75) is 6.61 Å². The van der Waals surface area contributed by atoms with Crippen LogP contribution in [0.5, 0.6) is 0 Å². The molecule has 2 aromatic rings. The van der Waals surface area contributed by atoms with Crippen LogP contribution >= 0.6 is 27.5 Å². The molecule has 5 nitrogen and oxygen atoms in total. The van der Waals surface area contributed by atoms with Gasteiger partial charge in [-0.15, -0.1) is 0 Å². The highest BCUT2D eigenvalue weighted by Gasteiger charge is 2.16. The molecule has 1 amide bonds. The summed E-state index contributed by atoms with van der Waals surface area (Å²) in [6, 6.07) is 5.18. The molecule has 0 radical (unpaired) electrons. The molecule has 1 heterocycles. The molecule has 0 saturated carbocycles. The van der Waals surface area contributed by atoms with Gasteiger partial charge in [0.25, 0.3) is 5.91 Å². The van der Waals surface area contributed by atoms with Crippen molar-refractivity contribution in [2.24, 2.45) is 0 Å². The van der Waals surface area contributed by atoms with Gasteiger partial charge in [-0.1, -0.05) is 32.7 Å². The van der Waals surface area contributed by atoms with Crippen LogP contribution in [0.15, 0.2) is 33.5 Å². The van der Waals surface area contributed by atoms with E-state index in [0.717, 1.165) is 4.47 Å². The molecule has 19 heavy (non-hydrogen) atoms. The number of halogens is 2. The van der Waals surface area contributed by atoms with Gasteiger partial charge in [-0.25, -0.2) is 0 Å². The van der Waals surface area contributed by atoms with E-state index in [2.05, 4.69) is 26.4 Å². The summed E-state index contributed by atoms with van der Waals surface area (Å²) in [4.78, 5) is 12.1. The van der Waals surface area contributed by atoms with Gasteiger partial charge in [0.2, 0.25) is 0 Å². The lowest BCUT2D eigenvalue weighted by molar-refractivity contribution is 0.102. The van der Waals surface area contributed by atoms with Gasteiger partial charge in [0.05, 0.1) is 17.3 Å². The van der Waals surface area contributed by atoms with E-state index in [9.17, 15) is 4.79 Å². The van der Waals surface area contributed by atoms with Crippen LogP contribution in [0.2, 0.25) is 5.02 Å². The van der Waals surface area contributed by atoms with Gasteiger partial charge in [-0.3, -0.25) is 4.79 Å². The zero-order chi connectivity index (χ0) is 13.8. The second-order valence-corrected chi connectivity index (χ2v) is 5.01. The Hall–Kier alpha value is -1.37. The maximum absolute atomic E-state index is 12.1. The Morgan fingerprint density at radius 3 is 3.05 bits per heavy atom. The van der Waals surface area contributed by atoms with Gasteiger partial charge in [-0.05, 0) is 18.2 Å². The van der Waals surface area contributed by atoms with Crippen LogP contribution in [-0.4, -0.2) is 18.2 Å². The number of hydrogen-bond acceptors (Lipinski definition) is 4. The second kappa shape index (κ2) is 6.18. The van der Waals surface area contributed by atoms with Gasteiger partial charge < -0.3 is 14.6 Å². The monoisotopic (exact) mass is 344 g/mol. The Kier molecular flexibility index (Phi) is 4.57. The summed E-state index contributed by atoms with van der Waals surface area (Å²) in [6.07, 6.45) is 1.27. The SMILES string of the molecule is COCc1nocc1C(=O)Nc1ccc(Br)cc1Cl. The predicted molar refractivity (Wildman–Crippen MR) is 74.3 cm³/mol. The molecule has 0 atom stereocenters. The van der Waals surface area contributed by atoms with Crippen LogP contribution < -0.4 is 5.32 Å². The minimum absolute atomic E-state index is 0.202. The lowest BCUT2D eigenvalue weighted by atomic mass is 10.2. The first-order chi connectivity index (χ1) is 9.11. The molecule has 0 unspecified atom stereocenters. The van der Waals surface area contributed by atoms with Gasteiger partial charge in [0.1, 0.15) is 17.5 Å². The third-order valence-corrected chi connectivity index (χ3v) is 3.16. The number of aromatic nitrogens is 1. The van der Waals surface area contributed by atoms with E-state index < -0.39 is 0 Å². The normalized spacial score (nSPS) is 10.5. The van der Waals surface area contributed by atoms with Crippen molar-refractivity contribution >= 4 is 39.1 Å². The molecule has 7 heteroatoms. The van der Waals surface area contributed by atoms with Crippen molar-refractivity contribution < 1.29 is 14.1 Å². The van der Waals surface area contributed by atoms with Crippen molar-refractivity contribution in [1.82, 2.24) is 5.16 Å². The molecular formula is C12H10BrClN2O3. The molecule has 1 aromatic carbocycles. The molecule has 0 bridgehead atoms. The molecule has 1 N–H and O–H groups in total. The number of hydrogen-bond donors (Lipinski definition) is 1. The van der Waals surface area contributed by atoms with Crippen molar-refractivity contribution in [3.8, 4) is 0 Å². The zero-order valence-corrected chi connectivity index (χ0v) is 12.3. The van der Waals surface area contributed by atoms with Crippen LogP contribution in [0, 0.1) is 0 Å². The van der Waals surface area contributed by atoms with E-state index in [-0.39, 0.29) is 12.5 Å². The first-order valence-corrected chi connectivity index (χ1v) is 6.47. The predicted octanol–water partition coefficient (Wildman–Crippen LogP) is 3.49. The number of anilines is 1. The Morgan fingerprint density at radius 1 is 1.58 bits per heavy atom. The number of rotatable bonds is 4. The summed E-state index contributed by atoms with van der Waals surface area (Å²) in [7, 11) is 1.52. The van der Waals surface area contributed by atoms with Crippen molar-refractivity contribution in [2.75, 3.05) is 12.4 Å². The fourth-order valence-corrected chi connectivity index (χ4v) is 2.19. The third kappa shape index (κ3) is 3.34. The van der Waals surface area contributed by atoms with E-state index in [1.165, 1.54) is 13.4 Å². The largest absolute Gasteiger partial charge is 0.378 e. The van der Waals surface area contributed by atoms with Crippen molar-refractivity contribution in [3.63, 3.8) is 0 Å². The number of methoxy groups -OCH3 is 1. The summed E-state index contributed by atoms with van der Waals surface area (Å²) in [5, 5.41) is 6.83. The minimum Gasteiger partial charge on any atom is -0.378 e. The quantitative estimate of drug-likeness (QED) is 0.921. The second-order valence-electron chi connectivity index (χ2n) is 3.69. The number of carbonyl (C=O) groups excluding carboxylic acids is 1. The highest BCUT2D eigenvalue weighted by molar-refractivity contribution is 9.10. The van der Waals surface area contributed by atoms with E-state index in [1.807, 2.05) is 0 Å². The van der Waals surface area contributed by atoms with E-state index >= 15 is 0 Å². The summed E-state index contributed by atoms with van der Waals surface area (Å²) in [5.74, 6) is -0.350. The molecule has 1 aromatic heterocycles. The maximum atomic E-state index is 12.1. The number of carbonyl (C=O) groups is 1. The Bertz CT molecular complexity index is 600. The van der Waals surface area contributed by atoms with Crippen molar-refractivity contribution in [1.29, 1.82) is 0 Å². The summed E-state index contributed by atoms with van der Waals surface area (Å²) < 4.78 is 10.5. The summed E-state index contributed by atoms with van der Waals surface area (Å²) in [5.41, 5.74) is 1.27. The molecule has 0 aliphatic rings. The van der Waals surface area contributed by atoms with Gasteiger partial charge in [0, 0.05) is 11.6 Å². The number of nitrogens with one attached hydrogen (secondary N) is 1. The Morgan fingerprint density at radius 2 is 2.37 bits per heavy atom. The Labute approximate surface area is 123 Å². The molecule has 0 aliphatic carbocycles. The van der Waals surface area contributed by atoms with Crippen LogP contribution in [0.3, 0.4) is 0 Å². The highest BCUT2D eigenvalue weighted by atomic mass is 79.9. The average molecular weight is 346 g/mol. The van der Waals surface area contributed by atoms with Crippen molar-refractivity contribution in [3.05, 3.63) is 45.2 Å². The van der Waals surface area contributed by atoms with E-state index in [1.54, 1.807) is 18.2 Å². The number of benzene rings is 1. The van der Waals surface area contributed by atoms with Gasteiger partial charge >= 0.3 is 0 Å². The molecule has 100 valence electrons. The van der Waals surface area contributed by atoms with E-state index in [4.69, 9.17) is 20.9 Å². The maximum Gasteiger partial charge on any atom is 0.261 e. The molecule has 0 aliphatic heterocycles. The average Bonchev–Trinajstić information content (AvgIpc) is 2.81. The van der Waals surface area contributed by atoms with Gasteiger partial charge in [-0.2, -0.15) is 0 Å². The van der Waals surface area contributed by atoms with E-state index in [0.29, 0.717) is 22.0 Å². The van der Waals surface area contributed by atoms with Crippen LogP contribution in [0.4, 0.5) is 5.69 Å². The van der Waals surface area contributed by atoms with Crippen LogP contribution in [-0.2, 0) is 11.3 Å². The molecular weight excluding hydrogens is 336 g/mol. The standard InChI is InChI=1S/C12H10BrClN2O3/c1-18-6-11-8(5-19-16-11)12(17)15-10-3-2-7(13)4-9(10)14/h2-5H,6H2,1H3,(H,15,17). The van der Waals surface area contributed by atoms with Crippen LogP contribution in [0.1, 0.15) is 16.1 Å². The fraction of sp³-hybridized carbons (Fsp3) is 0.167. The summed E-state index contributed by atoms with van der Waals surface area (Å²) >= 11 is 9.32. The highest BCUT2D eigenvalue weighted by Crippen LogP contribution is 2.26. The fourth-order valence-electron chi connectivity index (χ4n) is 1.47. The Balaban J connectivity index is 2.18. The van der Waals surface area contributed by atoms with Crippen LogP contribution in [0.25, 0.3) is 0 Å². The first-order valence-electron chi connectivity index (χ1n) is 5.30. The lowest BCUT2D eigenvalue weighted by Crippen LogP contribution is -2.13. The third-order valence-electron chi connectivity index (χ3n) is 2.35. The minimum atomic E-state index is -0.350. The van der Waals surface area contributed by atoms with Gasteiger partial charge in [0.15, 0.2) is 0 Å². The first kappa shape index (κ1) is 14.0. The summed E-state index contributed by atoms with van der Waals surface area (Å²) in [6.45, 7) is 0.202. The molecule has 0 saturated heterocycles. The lowest BCUT2D eigenvalue weighted by Gasteiger charge is -2.07. The molecule has 0 fully saturated rings. The number of ether oxygens (including phenoxy) is 1. The zero-order valence-electron chi connectivity index (χ0n) is 9.94. The molecule has 2 rings (SSSR count). The topological polar surface area (TPSA) is 64.4 Å². The number of nitrogens with zero attached hydrogens (tertiary/aromatic N) is 1.